The van der Waals surface area contributed by atoms with Crippen molar-refractivity contribution in [2.45, 2.75) is 26.7 Å². The number of benzene rings is 2. The molecule has 0 aliphatic carbocycles. The third-order valence-corrected chi connectivity index (χ3v) is 3.97. The maximum absolute atomic E-state index is 5.27. The Morgan fingerprint density at radius 2 is 1.04 bits per heavy atom. The van der Waals surface area contributed by atoms with E-state index in [1.54, 1.807) is 14.2 Å². The summed E-state index contributed by atoms with van der Waals surface area (Å²) in [5.41, 5.74) is 3.62. The van der Waals surface area contributed by atoms with Gasteiger partial charge in [0, 0.05) is 0 Å². The second-order valence-corrected chi connectivity index (χ2v) is 5.62. The summed E-state index contributed by atoms with van der Waals surface area (Å²) < 4.78 is 10.3. The van der Waals surface area contributed by atoms with Gasteiger partial charge in [-0.2, -0.15) is 0 Å². The highest BCUT2D eigenvalue weighted by molar-refractivity contribution is 6.00. The molecule has 0 radical (unpaired) electrons. The molecule has 0 aliphatic heterocycles. The zero-order chi connectivity index (χ0) is 19.5. The summed E-state index contributed by atoms with van der Waals surface area (Å²) in [6.45, 7) is 3.98. The summed E-state index contributed by atoms with van der Waals surface area (Å²) in [6, 6.07) is 15.4. The van der Waals surface area contributed by atoms with Gasteiger partial charge in [-0.15, -0.1) is 0 Å². The molecule has 6 nitrogen and oxygen atoms in total. The Morgan fingerprint density at radius 1 is 0.667 bits per heavy atom. The van der Waals surface area contributed by atoms with Crippen molar-refractivity contribution in [3.05, 3.63) is 59.7 Å². The predicted octanol–water partition coefficient (Wildman–Crippen LogP) is 4.62. The van der Waals surface area contributed by atoms with E-state index >= 15 is 0 Å². The molecule has 0 aliphatic rings. The van der Waals surface area contributed by atoms with Crippen LogP contribution in [0.4, 0.5) is 0 Å². The highest BCUT2D eigenvalue weighted by Crippen LogP contribution is 2.14. The predicted molar refractivity (Wildman–Crippen MR) is 107 cm³/mol. The molecule has 0 fully saturated rings. The van der Waals surface area contributed by atoms with Crippen LogP contribution in [0.1, 0.15) is 37.8 Å². The van der Waals surface area contributed by atoms with Crippen LogP contribution < -0.4 is 9.47 Å². The van der Waals surface area contributed by atoms with Gasteiger partial charge in [-0.25, -0.2) is 0 Å². The number of methoxy groups -OCH3 is 2. The lowest BCUT2D eigenvalue weighted by molar-refractivity contribution is -0.0507. The molecule has 2 aromatic rings. The topological polar surface area (TPSA) is 61.6 Å². The molecule has 0 atom stereocenters. The summed E-state index contributed by atoms with van der Waals surface area (Å²) in [7, 11) is 3.28. The number of nitrogens with zero attached hydrogens (tertiary/aromatic N) is 2. The van der Waals surface area contributed by atoms with E-state index in [1.807, 2.05) is 62.4 Å². The fourth-order valence-electron chi connectivity index (χ4n) is 2.44. The quantitative estimate of drug-likeness (QED) is 0.265. The van der Waals surface area contributed by atoms with Gasteiger partial charge in [0.15, 0.2) is 0 Å². The maximum atomic E-state index is 5.27. The minimum atomic E-state index is -0.0562. The number of oxime groups is 2. The molecule has 0 N–H and O–H groups in total. The molecule has 0 spiro atoms. The fourth-order valence-corrected chi connectivity index (χ4v) is 2.44. The normalized spacial score (nSPS) is 11.9. The Balaban J connectivity index is 1.92. The van der Waals surface area contributed by atoms with Crippen LogP contribution in [0.5, 0.6) is 11.5 Å². The van der Waals surface area contributed by atoms with E-state index < -0.39 is 0 Å². The number of rotatable bonds is 10. The van der Waals surface area contributed by atoms with Crippen LogP contribution in [0.25, 0.3) is 0 Å². The Bertz CT molecular complexity index is 687. The molecule has 0 unspecified atom stereocenters. The zero-order valence-corrected chi connectivity index (χ0v) is 16.3. The molecule has 144 valence electrons. The second-order valence-electron chi connectivity index (χ2n) is 5.62. The van der Waals surface area contributed by atoms with Crippen molar-refractivity contribution >= 4 is 11.4 Å². The van der Waals surface area contributed by atoms with E-state index in [4.69, 9.17) is 19.1 Å². The van der Waals surface area contributed by atoms with Crippen LogP contribution in [-0.2, 0) is 9.68 Å². The lowest BCUT2D eigenvalue weighted by atomic mass is 10.1. The first-order valence-corrected chi connectivity index (χ1v) is 8.88. The lowest BCUT2D eigenvalue weighted by Crippen LogP contribution is -2.04. The van der Waals surface area contributed by atoms with Gasteiger partial charge in [0.25, 0.3) is 6.79 Å². The number of hydrogen-bond donors (Lipinski definition) is 0. The largest absolute Gasteiger partial charge is 0.497 e. The van der Waals surface area contributed by atoms with Gasteiger partial charge in [0.1, 0.15) is 11.5 Å². The second kappa shape index (κ2) is 10.9. The van der Waals surface area contributed by atoms with Crippen molar-refractivity contribution in [3.63, 3.8) is 0 Å². The molecule has 2 rings (SSSR count). The van der Waals surface area contributed by atoms with E-state index in [9.17, 15) is 0 Å². The van der Waals surface area contributed by atoms with Crippen molar-refractivity contribution < 1.29 is 19.1 Å². The minimum Gasteiger partial charge on any atom is -0.497 e. The molecular weight excluding hydrogens is 344 g/mol. The van der Waals surface area contributed by atoms with E-state index in [1.165, 1.54) is 0 Å². The number of ether oxygens (including phenoxy) is 2. The summed E-state index contributed by atoms with van der Waals surface area (Å²) in [5, 5.41) is 8.30. The Morgan fingerprint density at radius 3 is 1.33 bits per heavy atom. The van der Waals surface area contributed by atoms with Crippen LogP contribution in [0.2, 0.25) is 0 Å². The zero-order valence-electron chi connectivity index (χ0n) is 16.3. The van der Waals surface area contributed by atoms with Crippen molar-refractivity contribution in [2.75, 3.05) is 21.0 Å². The highest BCUT2D eigenvalue weighted by Gasteiger charge is 2.04. The summed E-state index contributed by atoms with van der Waals surface area (Å²) >= 11 is 0. The van der Waals surface area contributed by atoms with Gasteiger partial charge in [-0.3, -0.25) is 0 Å². The summed E-state index contributed by atoms with van der Waals surface area (Å²) in [5.74, 6) is 1.61. The van der Waals surface area contributed by atoms with Crippen LogP contribution in [0, 0.1) is 0 Å². The van der Waals surface area contributed by atoms with Crippen molar-refractivity contribution in [1.29, 1.82) is 0 Å². The minimum absolute atomic E-state index is 0.0562. The first kappa shape index (κ1) is 20.3. The average Bonchev–Trinajstić information content (AvgIpc) is 2.74. The molecule has 0 saturated heterocycles. The van der Waals surface area contributed by atoms with Crippen molar-refractivity contribution in [3.8, 4) is 11.5 Å². The van der Waals surface area contributed by atoms with Crippen molar-refractivity contribution in [2.24, 2.45) is 10.3 Å². The molecule has 2 aromatic carbocycles. The van der Waals surface area contributed by atoms with Crippen molar-refractivity contribution in [1.82, 2.24) is 0 Å². The van der Waals surface area contributed by atoms with Gasteiger partial charge >= 0.3 is 0 Å². The average molecular weight is 370 g/mol. The lowest BCUT2D eigenvalue weighted by Gasteiger charge is -2.07. The summed E-state index contributed by atoms with van der Waals surface area (Å²) in [6.07, 6.45) is 1.48. The molecule has 0 amide bonds. The van der Waals surface area contributed by atoms with E-state index in [-0.39, 0.29) is 6.79 Å². The Labute approximate surface area is 160 Å². The third kappa shape index (κ3) is 6.02. The Hall–Kier alpha value is -3.02. The molecule has 0 heterocycles. The first-order chi connectivity index (χ1) is 13.2. The van der Waals surface area contributed by atoms with Gasteiger partial charge in [-0.05, 0) is 72.5 Å². The molecular formula is C21H26N2O4. The van der Waals surface area contributed by atoms with Crippen LogP contribution in [0.15, 0.2) is 58.8 Å². The highest BCUT2D eigenvalue weighted by atomic mass is 16.8. The van der Waals surface area contributed by atoms with E-state index in [2.05, 4.69) is 10.3 Å². The molecule has 0 aromatic heterocycles. The molecule has 6 heteroatoms. The SMILES string of the molecule is CCC(=NOCON=C(CC)c1ccc(OC)cc1)c1ccc(OC)cc1. The molecule has 0 bridgehead atoms. The fraction of sp³-hybridized carbons (Fsp3) is 0.333. The van der Waals surface area contributed by atoms with Gasteiger partial charge in [-0.1, -0.05) is 24.2 Å². The first-order valence-electron chi connectivity index (χ1n) is 8.88. The number of hydrogen-bond acceptors (Lipinski definition) is 6. The van der Waals surface area contributed by atoms with Gasteiger partial charge in [0.2, 0.25) is 0 Å². The maximum Gasteiger partial charge on any atom is 0.280 e. The van der Waals surface area contributed by atoms with E-state index in [0.29, 0.717) is 0 Å². The smallest absolute Gasteiger partial charge is 0.280 e. The standard InChI is InChI=1S/C21H26N2O4/c1-5-20(16-7-11-18(24-3)12-8-16)22-26-15-27-23-21(6-2)17-9-13-19(25-4)14-10-17/h7-14H,5-6,15H2,1-4H3. The monoisotopic (exact) mass is 370 g/mol. The van der Waals surface area contributed by atoms with Crippen LogP contribution in [-0.4, -0.2) is 32.4 Å². The van der Waals surface area contributed by atoms with Gasteiger partial charge in [0.05, 0.1) is 25.6 Å². The molecule has 0 saturated carbocycles. The third-order valence-electron chi connectivity index (χ3n) is 3.97. The van der Waals surface area contributed by atoms with Crippen LogP contribution in [0.3, 0.4) is 0 Å². The van der Waals surface area contributed by atoms with E-state index in [0.717, 1.165) is 46.9 Å². The summed E-state index contributed by atoms with van der Waals surface area (Å²) in [4.78, 5) is 10.5. The molecule has 27 heavy (non-hydrogen) atoms. The Kier molecular flexibility index (Phi) is 8.16. The van der Waals surface area contributed by atoms with Gasteiger partial charge < -0.3 is 19.1 Å². The van der Waals surface area contributed by atoms with Crippen LogP contribution >= 0.6 is 0 Å².